The van der Waals surface area contributed by atoms with Gasteiger partial charge in [0.05, 0.1) is 25.9 Å². The Morgan fingerprint density at radius 3 is 2.79 bits per heavy atom. The minimum Gasteiger partial charge on any atom is -0.389 e. The maximum Gasteiger partial charge on any atom is 0.325 e. The Bertz CT molecular complexity index is 649. The molecular weight excluding hydrogens is 315 g/mol. The Kier molecular flexibility index (Phi) is 4.56. The average Bonchev–Trinajstić information content (AvgIpc) is 3.36. The van der Waals surface area contributed by atoms with E-state index in [9.17, 15) is 19.1 Å². The molecule has 1 aromatic carbocycles. The number of hydrogen-bond acceptors (Lipinski definition) is 4. The summed E-state index contributed by atoms with van der Waals surface area (Å²) in [5, 5.41) is 12.7. The summed E-state index contributed by atoms with van der Waals surface area (Å²) in [6.07, 6.45) is 0.822. The van der Waals surface area contributed by atoms with Crippen LogP contribution in [0.2, 0.25) is 0 Å². The number of carbonyl (C=O) groups excluding carboxylic acids is 2. The molecule has 7 heteroatoms. The molecule has 0 radical (unpaired) electrons. The lowest BCUT2D eigenvalue weighted by molar-refractivity contribution is -0.132. The standard InChI is InChI=1S/C17H21FN2O4/c1-17(12-6-7-12)15(22)20(16(23)19-17)8-13(21)10-24-9-11-4-2-3-5-14(11)18/h2-5,12-13,21H,6-10H2,1H3,(H,19,23)/t13-,17+/m1/s1. The number of halogens is 1. The molecule has 2 atom stereocenters. The zero-order valence-corrected chi connectivity index (χ0v) is 13.5. The lowest BCUT2D eigenvalue weighted by atomic mass is 9.96. The molecule has 0 aromatic heterocycles. The van der Waals surface area contributed by atoms with E-state index in [4.69, 9.17) is 4.74 Å². The molecule has 0 unspecified atom stereocenters. The molecule has 1 aliphatic heterocycles. The van der Waals surface area contributed by atoms with Crippen LogP contribution < -0.4 is 5.32 Å². The van der Waals surface area contributed by atoms with Gasteiger partial charge in [-0.1, -0.05) is 18.2 Å². The number of β-amino-alcohol motifs (C(OH)–C–C–N with tert-alkyl or cyclic N) is 1. The highest BCUT2D eigenvalue weighted by atomic mass is 19.1. The summed E-state index contributed by atoms with van der Waals surface area (Å²) >= 11 is 0. The maximum absolute atomic E-state index is 13.5. The Labute approximate surface area is 139 Å². The third-order valence-corrected chi connectivity index (χ3v) is 4.61. The van der Waals surface area contributed by atoms with Crippen molar-refractivity contribution in [1.29, 1.82) is 0 Å². The van der Waals surface area contributed by atoms with Crippen LogP contribution in [0.25, 0.3) is 0 Å². The van der Waals surface area contributed by atoms with Gasteiger partial charge < -0.3 is 15.2 Å². The number of aliphatic hydroxyl groups is 1. The Morgan fingerprint density at radius 1 is 1.42 bits per heavy atom. The number of ether oxygens (including phenoxy) is 1. The number of nitrogens with one attached hydrogen (secondary N) is 1. The van der Waals surface area contributed by atoms with E-state index >= 15 is 0 Å². The maximum atomic E-state index is 13.5. The molecule has 1 heterocycles. The van der Waals surface area contributed by atoms with E-state index in [1.807, 2.05) is 0 Å². The lowest BCUT2D eigenvalue weighted by Gasteiger charge is -2.22. The highest BCUT2D eigenvalue weighted by Gasteiger charge is 2.56. The smallest absolute Gasteiger partial charge is 0.325 e. The first-order valence-corrected chi connectivity index (χ1v) is 8.05. The summed E-state index contributed by atoms with van der Waals surface area (Å²) in [6, 6.07) is 5.73. The monoisotopic (exact) mass is 336 g/mol. The van der Waals surface area contributed by atoms with Gasteiger partial charge in [0.2, 0.25) is 0 Å². The van der Waals surface area contributed by atoms with Crippen molar-refractivity contribution in [3.8, 4) is 0 Å². The van der Waals surface area contributed by atoms with Crippen LogP contribution in [0.1, 0.15) is 25.3 Å². The van der Waals surface area contributed by atoms with Crippen LogP contribution in [0, 0.1) is 11.7 Å². The number of carbonyl (C=O) groups is 2. The van der Waals surface area contributed by atoms with Crippen molar-refractivity contribution in [2.75, 3.05) is 13.2 Å². The second-order valence-corrected chi connectivity index (χ2v) is 6.58. The molecule has 2 fully saturated rings. The summed E-state index contributed by atoms with van der Waals surface area (Å²) in [4.78, 5) is 25.5. The molecule has 1 aromatic rings. The Hall–Kier alpha value is -1.99. The van der Waals surface area contributed by atoms with Crippen molar-refractivity contribution < 1.29 is 23.8 Å². The van der Waals surface area contributed by atoms with Crippen molar-refractivity contribution in [2.45, 2.75) is 38.0 Å². The molecule has 1 saturated heterocycles. The third-order valence-electron chi connectivity index (χ3n) is 4.61. The molecule has 6 nitrogen and oxygen atoms in total. The van der Waals surface area contributed by atoms with E-state index < -0.39 is 17.7 Å². The minimum atomic E-state index is -1.02. The van der Waals surface area contributed by atoms with E-state index in [1.54, 1.807) is 25.1 Å². The predicted molar refractivity (Wildman–Crippen MR) is 83.4 cm³/mol. The van der Waals surface area contributed by atoms with Crippen LogP contribution in [-0.2, 0) is 16.1 Å². The van der Waals surface area contributed by atoms with Gasteiger partial charge in [-0.25, -0.2) is 9.18 Å². The highest BCUT2D eigenvalue weighted by molar-refractivity contribution is 6.07. The molecular formula is C17H21FN2O4. The summed E-state index contributed by atoms with van der Waals surface area (Å²) in [5.74, 6) is -0.502. The number of hydrogen-bond donors (Lipinski definition) is 2. The molecule has 130 valence electrons. The third kappa shape index (κ3) is 3.27. The molecule has 24 heavy (non-hydrogen) atoms. The topological polar surface area (TPSA) is 78.9 Å². The predicted octanol–water partition coefficient (Wildman–Crippen LogP) is 1.42. The van der Waals surface area contributed by atoms with Gasteiger partial charge in [0.15, 0.2) is 0 Å². The molecule has 0 bridgehead atoms. The van der Waals surface area contributed by atoms with Crippen LogP contribution in [0.4, 0.5) is 9.18 Å². The molecule has 3 rings (SSSR count). The summed E-state index contributed by atoms with van der Waals surface area (Å²) in [7, 11) is 0. The fourth-order valence-electron chi connectivity index (χ4n) is 3.00. The first kappa shape index (κ1) is 16.9. The second kappa shape index (κ2) is 6.49. The van der Waals surface area contributed by atoms with Crippen LogP contribution >= 0.6 is 0 Å². The van der Waals surface area contributed by atoms with Crippen LogP contribution in [0.3, 0.4) is 0 Å². The number of amides is 3. The second-order valence-electron chi connectivity index (χ2n) is 6.58. The highest BCUT2D eigenvalue weighted by Crippen LogP contribution is 2.42. The molecule has 2 N–H and O–H groups in total. The Morgan fingerprint density at radius 2 is 2.12 bits per heavy atom. The number of aliphatic hydroxyl groups excluding tert-OH is 1. The number of urea groups is 1. The van der Waals surface area contributed by atoms with Crippen molar-refractivity contribution in [1.82, 2.24) is 10.2 Å². The Balaban J connectivity index is 1.50. The SMILES string of the molecule is C[C@@]1(C2CC2)NC(=O)N(C[C@@H](O)COCc2ccccc2F)C1=O. The fraction of sp³-hybridized carbons (Fsp3) is 0.529. The molecule has 3 amide bonds. The van der Waals surface area contributed by atoms with Crippen LogP contribution in [-0.4, -0.2) is 46.7 Å². The van der Waals surface area contributed by atoms with E-state index in [0.717, 1.165) is 17.7 Å². The molecule has 2 aliphatic rings. The van der Waals surface area contributed by atoms with Crippen LogP contribution in [0.5, 0.6) is 0 Å². The van der Waals surface area contributed by atoms with Gasteiger partial charge >= 0.3 is 6.03 Å². The molecule has 0 spiro atoms. The number of nitrogens with zero attached hydrogens (tertiary/aromatic N) is 1. The lowest BCUT2D eigenvalue weighted by Crippen LogP contribution is -2.46. The molecule has 1 saturated carbocycles. The zero-order chi connectivity index (χ0) is 17.3. The van der Waals surface area contributed by atoms with E-state index in [-0.39, 0.29) is 37.4 Å². The van der Waals surface area contributed by atoms with Crippen LogP contribution in [0.15, 0.2) is 24.3 Å². The first-order valence-electron chi connectivity index (χ1n) is 8.05. The summed E-state index contributed by atoms with van der Waals surface area (Å²) in [5.41, 5.74) is -0.467. The fourth-order valence-corrected chi connectivity index (χ4v) is 3.00. The van der Waals surface area contributed by atoms with E-state index in [0.29, 0.717) is 5.56 Å². The van der Waals surface area contributed by atoms with Crippen molar-refractivity contribution >= 4 is 11.9 Å². The normalized spacial score (nSPS) is 25.0. The zero-order valence-electron chi connectivity index (χ0n) is 13.5. The largest absolute Gasteiger partial charge is 0.389 e. The number of benzene rings is 1. The van der Waals surface area contributed by atoms with Gasteiger partial charge in [0.25, 0.3) is 5.91 Å². The average molecular weight is 336 g/mol. The van der Waals surface area contributed by atoms with Gasteiger partial charge in [-0.05, 0) is 31.7 Å². The first-order chi connectivity index (χ1) is 11.4. The van der Waals surface area contributed by atoms with Crippen molar-refractivity contribution in [3.05, 3.63) is 35.6 Å². The van der Waals surface area contributed by atoms with Gasteiger partial charge in [-0.15, -0.1) is 0 Å². The van der Waals surface area contributed by atoms with E-state index in [2.05, 4.69) is 5.32 Å². The number of imide groups is 1. The van der Waals surface area contributed by atoms with Gasteiger partial charge in [0.1, 0.15) is 11.4 Å². The quantitative estimate of drug-likeness (QED) is 0.738. The van der Waals surface area contributed by atoms with Gasteiger partial charge in [0, 0.05) is 5.56 Å². The summed E-state index contributed by atoms with van der Waals surface area (Å²) in [6.45, 7) is 1.52. The van der Waals surface area contributed by atoms with E-state index in [1.165, 1.54) is 6.07 Å². The number of rotatable bonds is 7. The van der Waals surface area contributed by atoms with Gasteiger partial charge in [-0.2, -0.15) is 0 Å². The minimum absolute atomic E-state index is 0.0175. The van der Waals surface area contributed by atoms with Gasteiger partial charge in [-0.3, -0.25) is 9.69 Å². The van der Waals surface area contributed by atoms with Crippen molar-refractivity contribution in [2.24, 2.45) is 5.92 Å². The van der Waals surface area contributed by atoms with Crippen molar-refractivity contribution in [3.63, 3.8) is 0 Å². The summed E-state index contributed by atoms with van der Waals surface area (Å²) < 4.78 is 18.8. The molecule has 1 aliphatic carbocycles.